The van der Waals surface area contributed by atoms with E-state index < -0.39 is 91.5 Å². The van der Waals surface area contributed by atoms with E-state index in [1.165, 1.54) is 244 Å². The van der Waals surface area contributed by atoms with Crippen LogP contribution in [0.2, 0.25) is 0 Å². The minimum absolute atomic E-state index is 0.0465. The highest BCUT2D eigenvalue weighted by atomic mass is 31.2. The predicted molar refractivity (Wildman–Crippen MR) is 528 cm³/mol. The molecule has 0 bridgehead atoms. The number of phosphoric acid groups is 2. The zero-order valence-corrected chi connectivity index (χ0v) is 81.3. The molecule has 0 rings (SSSR count). The van der Waals surface area contributed by atoms with Crippen LogP contribution in [-0.4, -0.2) is 95.9 Å². The number of esters is 3. The lowest BCUT2D eigenvalue weighted by molar-refractivity contribution is -0.161. The highest BCUT2D eigenvalue weighted by Crippen LogP contribution is 2.45. The van der Waals surface area contributed by atoms with Gasteiger partial charge in [-0.05, 0) is 161 Å². The predicted octanol–water partition coefficient (Wildman–Crippen LogP) is 31.8. The van der Waals surface area contributed by atoms with Crippen molar-refractivity contribution in [1.82, 2.24) is 0 Å². The molecule has 0 amide bonds. The van der Waals surface area contributed by atoms with Gasteiger partial charge in [0.25, 0.3) is 0 Å². The van der Waals surface area contributed by atoms with Crippen molar-refractivity contribution in [3.63, 3.8) is 0 Å². The molecule has 0 fully saturated rings. The third-order valence-corrected chi connectivity index (χ3v) is 23.3. The van der Waals surface area contributed by atoms with E-state index in [2.05, 4.69) is 191 Å². The van der Waals surface area contributed by atoms with Gasteiger partial charge in [-0.3, -0.25) is 32.5 Å². The van der Waals surface area contributed by atoms with Crippen molar-refractivity contribution < 1.29 is 75.8 Å². The number of rotatable bonds is 95. The van der Waals surface area contributed by atoms with Gasteiger partial charge in [0.15, 0.2) is 6.10 Å². The Morgan fingerprint density at radius 1 is 0.232 bits per heavy atom. The summed E-state index contributed by atoms with van der Waals surface area (Å²) >= 11 is 0. The maximum atomic E-state index is 13.1. The van der Waals surface area contributed by atoms with Gasteiger partial charge in [-0.25, -0.2) is 9.13 Å². The molecule has 5 atom stereocenters. The van der Waals surface area contributed by atoms with E-state index in [0.29, 0.717) is 25.7 Å². The van der Waals surface area contributed by atoms with E-state index in [1.54, 1.807) is 0 Å². The summed E-state index contributed by atoms with van der Waals surface area (Å²) in [6, 6.07) is 0. The van der Waals surface area contributed by atoms with Crippen molar-refractivity contribution in [1.29, 1.82) is 0 Å². The molecule has 718 valence electrons. The van der Waals surface area contributed by atoms with Crippen LogP contribution in [0.5, 0.6) is 0 Å². The molecule has 0 aliphatic rings. The van der Waals surface area contributed by atoms with Crippen molar-refractivity contribution in [3.8, 4) is 0 Å². The van der Waals surface area contributed by atoms with Gasteiger partial charge in [0, 0.05) is 19.3 Å². The first-order valence-corrected chi connectivity index (χ1v) is 53.4. The Morgan fingerprint density at radius 2 is 0.424 bits per heavy atom. The van der Waals surface area contributed by atoms with Crippen LogP contribution in [0, 0.1) is 0 Å². The number of unbranched alkanes of at least 4 members (excludes halogenated alkanes) is 44. The standard InChI is InChI=1S/C107H184O16P2/c1-4-7-10-13-16-19-22-25-28-31-34-37-39-41-43-45-47-49-50-52-54-55-57-59-61-64-66-69-72-75-78-81-84-87-90-93-105(110)117-96-102(108)97-119-124(113,114)120-98-103(109)99-121-125(115,116)122-101-104(123-107(112)95-92-89-86-83-80-77-74-71-68-63-36-33-30-27-24-21-18-15-12-9-6-3)100-118-106(111)94-91-88-85-82-79-76-73-70-67-65-62-60-58-56-53-51-48-46-44-42-40-38-35-32-29-26-23-20-17-14-11-8-5-2/h9,12,16-21,25-30,34-38,41-44,63,71,74,80,83,102-104,108-109H,4-8,10-11,13-15,22-24,31-33,39-40,45-62,64-70,72-73,75-79,81-82,84-101H2,1-3H3,(H,113,114)(H,115,116)/b12-9-,19-16-,20-17-,21-18-,28-25-,29-26-,30-27-,37-34-,38-35-,43-41-,44-42-,63-36-,74-71-,83-80-. The SMILES string of the molecule is CC/C=C\C/C=C\C/C=C\C/C=C\C/C=C\C/C=C\CCCCC(=O)OC(COC(=O)CCCCCCCCCCCCCCCCCCC/C=C\C/C=C\C/C=C\C/C=C\CCCCC)COP(=O)(O)OCC(O)COP(=O)(O)OCC(O)COC(=O)CCCCCCCCCCCCCCCCCCCCC/C=C\C/C=C\C/C=C\C/C=C\CCCCC. The van der Waals surface area contributed by atoms with E-state index in [1.807, 2.05) is 0 Å². The largest absolute Gasteiger partial charge is 0.472 e. The van der Waals surface area contributed by atoms with Crippen LogP contribution >= 0.6 is 15.6 Å². The molecule has 125 heavy (non-hydrogen) atoms. The minimum Gasteiger partial charge on any atom is -0.463 e. The molecular formula is C107H184O16P2. The Kier molecular flexibility index (Phi) is 94.0. The molecule has 0 aliphatic heterocycles. The molecule has 16 nitrogen and oxygen atoms in total. The molecule has 0 aromatic carbocycles. The molecule has 5 unspecified atom stereocenters. The molecule has 0 saturated heterocycles. The van der Waals surface area contributed by atoms with Crippen LogP contribution in [0.4, 0.5) is 0 Å². The minimum atomic E-state index is -4.96. The van der Waals surface area contributed by atoms with Gasteiger partial charge in [0.2, 0.25) is 0 Å². The van der Waals surface area contributed by atoms with E-state index in [4.69, 9.17) is 32.3 Å². The van der Waals surface area contributed by atoms with Crippen LogP contribution in [0.3, 0.4) is 0 Å². The Bertz CT molecular complexity index is 2950. The topological polar surface area (TPSA) is 231 Å². The second-order valence-electron chi connectivity index (χ2n) is 33.5. The van der Waals surface area contributed by atoms with Gasteiger partial charge >= 0.3 is 33.6 Å². The molecule has 0 heterocycles. The first kappa shape index (κ1) is 120. The van der Waals surface area contributed by atoms with Gasteiger partial charge in [0.1, 0.15) is 25.4 Å². The second-order valence-corrected chi connectivity index (χ2v) is 36.5. The molecular weight excluding hydrogens is 1600 g/mol. The van der Waals surface area contributed by atoms with Crippen molar-refractivity contribution in [2.45, 2.75) is 450 Å². The monoisotopic (exact) mass is 1790 g/mol. The van der Waals surface area contributed by atoms with Crippen LogP contribution in [0.15, 0.2) is 170 Å². The fraction of sp³-hybridized carbons (Fsp3) is 0.710. The quantitative estimate of drug-likeness (QED) is 0.0146. The molecule has 4 N–H and O–H groups in total. The highest BCUT2D eigenvalue weighted by molar-refractivity contribution is 7.47. The van der Waals surface area contributed by atoms with Gasteiger partial charge < -0.3 is 34.2 Å². The Hall–Kier alpha value is -5.09. The van der Waals surface area contributed by atoms with E-state index in [-0.39, 0.29) is 19.3 Å². The summed E-state index contributed by atoms with van der Waals surface area (Å²) in [4.78, 5) is 59.1. The summed E-state index contributed by atoms with van der Waals surface area (Å²) in [6.45, 7) is 2.52. The zero-order chi connectivity index (χ0) is 90.7. The van der Waals surface area contributed by atoms with Crippen LogP contribution in [0.1, 0.15) is 432 Å². The van der Waals surface area contributed by atoms with Crippen molar-refractivity contribution >= 4 is 33.6 Å². The number of aliphatic hydroxyl groups excluding tert-OH is 2. The molecule has 0 spiro atoms. The number of allylic oxidation sites excluding steroid dienone is 28. The maximum Gasteiger partial charge on any atom is 0.472 e. The van der Waals surface area contributed by atoms with Gasteiger partial charge in [-0.15, -0.1) is 0 Å². The number of hydrogen-bond acceptors (Lipinski definition) is 14. The second kappa shape index (κ2) is 98.0. The van der Waals surface area contributed by atoms with Gasteiger partial charge in [-0.1, -0.05) is 422 Å². The van der Waals surface area contributed by atoms with E-state index in [0.717, 1.165) is 122 Å². The molecule has 0 radical (unpaired) electrons. The Morgan fingerprint density at radius 3 is 0.688 bits per heavy atom. The zero-order valence-electron chi connectivity index (χ0n) is 79.5. The number of phosphoric ester groups is 2. The third-order valence-electron chi connectivity index (χ3n) is 21.4. The first-order valence-electron chi connectivity index (χ1n) is 50.4. The summed E-state index contributed by atoms with van der Waals surface area (Å²) in [6.07, 6.45) is 129. The number of carbonyl (C=O) groups excluding carboxylic acids is 3. The molecule has 0 aliphatic carbocycles. The summed E-state index contributed by atoms with van der Waals surface area (Å²) in [7, 11) is -9.83. The van der Waals surface area contributed by atoms with Crippen molar-refractivity contribution in [2.24, 2.45) is 0 Å². The lowest BCUT2D eigenvalue weighted by Crippen LogP contribution is -2.30. The Balaban J connectivity index is 4.54. The molecule has 0 aromatic heterocycles. The molecule has 18 heteroatoms. The number of carbonyl (C=O) groups is 3. The summed E-state index contributed by atoms with van der Waals surface area (Å²) in [5, 5.41) is 20.8. The first-order chi connectivity index (χ1) is 61.2. The summed E-state index contributed by atoms with van der Waals surface area (Å²) in [5.74, 6) is -1.61. The van der Waals surface area contributed by atoms with Gasteiger partial charge in [-0.2, -0.15) is 0 Å². The maximum absolute atomic E-state index is 13.1. The van der Waals surface area contributed by atoms with Crippen molar-refractivity contribution in [3.05, 3.63) is 170 Å². The summed E-state index contributed by atoms with van der Waals surface area (Å²) < 4.78 is 61.5. The number of ether oxygens (including phenoxy) is 3. The smallest absolute Gasteiger partial charge is 0.463 e. The lowest BCUT2D eigenvalue weighted by atomic mass is 10.0. The normalized spacial score (nSPS) is 14.4. The van der Waals surface area contributed by atoms with Crippen molar-refractivity contribution in [2.75, 3.05) is 39.6 Å². The number of aliphatic hydroxyl groups is 2. The third kappa shape index (κ3) is 99.3. The molecule has 0 aromatic rings. The van der Waals surface area contributed by atoms with Crippen LogP contribution < -0.4 is 0 Å². The highest BCUT2D eigenvalue weighted by Gasteiger charge is 2.30. The number of hydrogen-bond donors (Lipinski definition) is 4. The molecule has 0 saturated carbocycles. The fourth-order valence-corrected chi connectivity index (χ4v) is 15.4. The average molecular weight is 1790 g/mol. The van der Waals surface area contributed by atoms with Crippen LogP contribution in [-0.2, 0) is 55.8 Å². The average Bonchev–Trinajstić information content (AvgIpc) is 0.899. The van der Waals surface area contributed by atoms with E-state index in [9.17, 15) is 43.5 Å². The van der Waals surface area contributed by atoms with E-state index >= 15 is 0 Å². The fourth-order valence-electron chi connectivity index (χ4n) is 13.8. The summed E-state index contributed by atoms with van der Waals surface area (Å²) in [5.41, 5.74) is 0. The lowest BCUT2D eigenvalue weighted by Gasteiger charge is -2.21. The van der Waals surface area contributed by atoms with Gasteiger partial charge in [0.05, 0.1) is 26.4 Å². The Labute approximate surface area is 764 Å². The van der Waals surface area contributed by atoms with Crippen LogP contribution in [0.25, 0.3) is 0 Å².